The molecule has 2 aromatic rings. The molecule has 0 amide bonds. The lowest BCUT2D eigenvalue weighted by atomic mass is 10.0. The molecule has 0 aromatic heterocycles. The van der Waals surface area contributed by atoms with Gasteiger partial charge >= 0.3 is 0 Å². The molecule has 114 valence electrons. The lowest BCUT2D eigenvalue weighted by Gasteiger charge is -2.09. The third kappa shape index (κ3) is 3.26. The van der Waals surface area contributed by atoms with Crippen LogP contribution in [0, 0.1) is 17.0 Å². The first-order chi connectivity index (χ1) is 10.5. The third-order valence-electron chi connectivity index (χ3n) is 3.25. The fraction of sp³-hybridized carbons (Fsp3) is 0.200. The highest BCUT2D eigenvalue weighted by Gasteiger charge is 2.22. The fourth-order valence-electron chi connectivity index (χ4n) is 2.07. The summed E-state index contributed by atoms with van der Waals surface area (Å²) in [4.78, 5) is 10.6. The second-order valence-electron chi connectivity index (χ2n) is 4.71. The molecule has 0 bridgehead atoms. The normalized spacial score (nSPS) is 11.0. The molecular weight excluding hydrogens is 284 g/mol. The zero-order valence-electron chi connectivity index (χ0n) is 12.1. The molecule has 0 aliphatic heterocycles. The minimum absolute atomic E-state index is 0.0537. The number of benzene rings is 2. The van der Waals surface area contributed by atoms with E-state index in [1.165, 1.54) is 0 Å². The quantitative estimate of drug-likeness (QED) is 0.381. The van der Waals surface area contributed by atoms with E-state index in [1.54, 1.807) is 25.1 Å². The largest absolute Gasteiger partial charge is 0.396 e. The zero-order chi connectivity index (χ0) is 16.1. The van der Waals surface area contributed by atoms with Gasteiger partial charge in [0.15, 0.2) is 0 Å². The van der Waals surface area contributed by atoms with E-state index in [0.29, 0.717) is 22.5 Å². The van der Waals surface area contributed by atoms with Crippen LogP contribution >= 0.6 is 0 Å². The number of nitro benzene ring substituents is 1. The molecule has 0 atom stereocenters. The summed E-state index contributed by atoms with van der Waals surface area (Å²) in [5, 5.41) is 28.4. The predicted molar refractivity (Wildman–Crippen MR) is 83.7 cm³/mol. The lowest BCUT2D eigenvalue weighted by molar-refractivity contribution is -0.384. The Hall–Kier alpha value is -2.80. The van der Waals surface area contributed by atoms with E-state index in [4.69, 9.17) is 10.8 Å². The summed E-state index contributed by atoms with van der Waals surface area (Å²) >= 11 is 0. The van der Waals surface area contributed by atoms with E-state index in [9.17, 15) is 10.1 Å². The minimum Gasteiger partial charge on any atom is -0.396 e. The summed E-state index contributed by atoms with van der Waals surface area (Å²) in [7, 11) is 0. The SMILES string of the molecule is Cc1c(N=Nc2ccccc2)cc(CCO)c([N+](=O)[O-])c1N. The van der Waals surface area contributed by atoms with Crippen LogP contribution in [0.15, 0.2) is 46.6 Å². The number of anilines is 1. The molecule has 0 saturated carbocycles. The van der Waals surface area contributed by atoms with Crippen molar-refractivity contribution in [1.82, 2.24) is 0 Å². The molecular formula is C15H16N4O3. The van der Waals surface area contributed by atoms with Gasteiger partial charge in [-0.3, -0.25) is 10.1 Å². The average Bonchev–Trinajstić information content (AvgIpc) is 2.50. The first kappa shape index (κ1) is 15.6. The molecule has 2 aromatic carbocycles. The fourth-order valence-corrected chi connectivity index (χ4v) is 2.07. The molecule has 0 fully saturated rings. The molecule has 0 aliphatic carbocycles. The average molecular weight is 300 g/mol. The molecule has 2 rings (SSSR count). The van der Waals surface area contributed by atoms with Crippen molar-refractivity contribution in [1.29, 1.82) is 0 Å². The van der Waals surface area contributed by atoms with Crippen LogP contribution < -0.4 is 5.73 Å². The molecule has 22 heavy (non-hydrogen) atoms. The Bertz CT molecular complexity index is 714. The number of aliphatic hydroxyl groups is 1. The van der Waals surface area contributed by atoms with E-state index < -0.39 is 4.92 Å². The van der Waals surface area contributed by atoms with E-state index in [-0.39, 0.29) is 24.4 Å². The summed E-state index contributed by atoms with van der Waals surface area (Å²) in [6.45, 7) is 1.45. The Morgan fingerprint density at radius 3 is 2.55 bits per heavy atom. The third-order valence-corrected chi connectivity index (χ3v) is 3.25. The van der Waals surface area contributed by atoms with Crippen molar-refractivity contribution in [2.24, 2.45) is 10.2 Å². The number of hydrogen-bond donors (Lipinski definition) is 2. The van der Waals surface area contributed by atoms with Gasteiger partial charge in [0.25, 0.3) is 5.69 Å². The minimum atomic E-state index is -0.536. The van der Waals surface area contributed by atoms with Crippen LogP contribution in [0.5, 0.6) is 0 Å². The van der Waals surface area contributed by atoms with Gasteiger partial charge in [-0.1, -0.05) is 18.2 Å². The van der Waals surface area contributed by atoms with E-state index in [1.807, 2.05) is 18.2 Å². The summed E-state index contributed by atoms with van der Waals surface area (Å²) in [5.41, 5.74) is 7.70. The Balaban J connectivity index is 2.48. The molecule has 0 spiro atoms. The number of nitrogens with two attached hydrogens (primary N) is 1. The van der Waals surface area contributed by atoms with Crippen LogP contribution in [0.4, 0.5) is 22.7 Å². The standard InChI is InChI=1S/C15H16N4O3/c1-10-13(18-17-12-5-3-2-4-6-12)9-11(7-8-20)15(14(10)16)19(21)22/h2-6,9,20H,7-8,16H2,1H3. The van der Waals surface area contributed by atoms with Gasteiger partial charge in [0.1, 0.15) is 5.69 Å². The van der Waals surface area contributed by atoms with Gasteiger partial charge in [-0.05, 0) is 25.1 Å². The van der Waals surface area contributed by atoms with Gasteiger partial charge < -0.3 is 10.8 Å². The van der Waals surface area contributed by atoms with Gasteiger partial charge in [0.05, 0.1) is 16.3 Å². The molecule has 0 unspecified atom stereocenters. The number of nitrogen functional groups attached to an aromatic ring is 1. The molecule has 3 N–H and O–H groups in total. The van der Waals surface area contributed by atoms with Crippen molar-refractivity contribution < 1.29 is 10.0 Å². The van der Waals surface area contributed by atoms with Crippen molar-refractivity contribution >= 4 is 22.7 Å². The number of rotatable bonds is 5. The Morgan fingerprint density at radius 2 is 1.95 bits per heavy atom. The van der Waals surface area contributed by atoms with Crippen molar-refractivity contribution in [2.75, 3.05) is 12.3 Å². The number of nitrogens with zero attached hydrogens (tertiary/aromatic N) is 3. The van der Waals surface area contributed by atoms with Gasteiger partial charge in [-0.15, -0.1) is 0 Å². The van der Waals surface area contributed by atoms with Crippen LogP contribution in [0.1, 0.15) is 11.1 Å². The van der Waals surface area contributed by atoms with Crippen LogP contribution in [0.2, 0.25) is 0 Å². The number of aliphatic hydroxyl groups excluding tert-OH is 1. The molecule has 7 heteroatoms. The van der Waals surface area contributed by atoms with Gasteiger partial charge in [-0.2, -0.15) is 10.2 Å². The van der Waals surface area contributed by atoms with Crippen LogP contribution in [0.3, 0.4) is 0 Å². The second kappa shape index (κ2) is 6.77. The number of azo groups is 1. The summed E-state index contributed by atoms with van der Waals surface area (Å²) in [6.07, 6.45) is 0.134. The van der Waals surface area contributed by atoms with Gasteiger partial charge in [-0.25, -0.2) is 0 Å². The second-order valence-corrected chi connectivity index (χ2v) is 4.71. The lowest BCUT2D eigenvalue weighted by Crippen LogP contribution is -2.04. The smallest absolute Gasteiger partial charge is 0.295 e. The van der Waals surface area contributed by atoms with Crippen molar-refractivity contribution in [3.8, 4) is 0 Å². The van der Waals surface area contributed by atoms with E-state index in [2.05, 4.69) is 10.2 Å². The van der Waals surface area contributed by atoms with Gasteiger partial charge in [0.2, 0.25) is 0 Å². The highest BCUT2D eigenvalue weighted by molar-refractivity contribution is 5.74. The van der Waals surface area contributed by atoms with E-state index in [0.717, 1.165) is 0 Å². The van der Waals surface area contributed by atoms with Crippen molar-refractivity contribution in [3.63, 3.8) is 0 Å². The number of hydrogen-bond acceptors (Lipinski definition) is 6. The molecule has 0 aliphatic rings. The summed E-state index contributed by atoms with van der Waals surface area (Å²) in [5.74, 6) is 0. The topological polar surface area (TPSA) is 114 Å². The first-order valence-corrected chi connectivity index (χ1v) is 6.68. The molecule has 0 saturated heterocycles. The van der Waals surface area contributed by atoms with Crippen LogP contribution in [0.25, 0.3) is 0 Å². The summed E-state index contributed by atoms with van der Waals surface area (Å²) < 4.78 is 0. The maximum Gasteiger partial charge on any atom is 0.295 e. The monoisotopic (exact) mass is 300 g/mol. The molecule has 0 heterocycles. The Morgan fingerprint density at radius 1 is 1.27 bits per heavy atom. The van der Waals surface area contributed by atoms with Crippen LogP contribution in [-0.2, 0) is 6.42 Å². The highest BCUT2D eigenvalue weighted by atomic mass is 16.6. The van der Waals surface area contributed by atoms with Crippen LogP contribution in [-0.4, -0.2) is 16.6 Å². The highest BCUT2D eigenvalue weighted by Crippen LogP contribution is 2.37. The zero-order valence-corrected chi connectivity index (χ0v) is 12.1. The Labute approximate surface area is 127 Å². The van der Waals surface area contributed by atoms with E-state index >= 15 is 0 Å². The Kier molecular flexibility index (Phi) is 4.80. The van der Waals surface area contributed by atoms with Crippen molar-refractivity contribution in [2.45, 2.75) is 13.3 Å². The molecule has 7 nitrogen and oxygen atoms in total. The summed E-state index contributed by atoms with van der Waals surface area (Å²) in [6, 6.07) is 10.7. The first-order valence-electron chi connectivity index (χ1n) is 6.68. The molecule has 0 radical (unpaired) electrons. The predicted octanol–water partition coefficient (Wildman–Crippen LogP) is 3.44. The van der Waals surface area contributed by atoms with Gasteiger partial charge in [0, 0.05) is 24.2 Å². The van der Waals surface area contributed by atoms with Crippen molar-refractivity contribution in [3.05, 3.63) is 57.6 Å². The number of nitro groups is 1. The maximum atomic E-state index is 11.2. The maximum absolute atomic E-state index is 11.2.